The lowest BCUT2D eigenvalue weighted by atomic mass is 10.1. The molecule has 0 aliphatic carbocycles. The van der Waals surface area contributed by atoms with Gasteiger partial charge < -0.3 is 10.3 Å². The third-order valence-electron chi connectivity index (χ3n) is 5.78. The van der Waals surface area contributed by atoms with E-state index in [9.17, 15) is 14.0 Å². The number of aromatic amines is 1. The Morgan fingerprint density at radius 3 is 3.00 bits per heavy atom. The number of benzene rings is 1. The van der Waals surface area contributed by atoms with Gasteiger partial charge in [-0.25, -0.2) is 18.9 Å². The Morgan fingerprint density at radius 1 is 1.35 bits per heavy atom. The highest BCUT2D eigenvalue weighted by Gasteiger charge is 2.22. The Bertz CT molecular complexity index is 1130. The van der Waals surface area contributed by atoms with Gasteiger partial charge in [0.2, 0.25) is 5.91 Å². The van der Waals surface area contributed by atoms with Crippen molar-refractivity contribution >= 4 is 16.9 Å². The highest BCUT2D eigenvalue weighted by atomic mass is 19.1. The summed E-state index contributed by atoms with van der Waals surface area (Å²) in [5, 5.41) is 7.59. The van der Waals surface area contributed by atoms with Gasteiger partial charge in [-0.1, -0.05) is 13.8 Å². The zero-order valence-corrected chi connectivity index (χ0v) is 18.0. The lowest BCUT2D eigenvalue weighted by Crippen LogP contribution is -2.36. The molecule has 8 nitrogen and oxygen atoms in total. The predicted octanol–water partition coefficient (Wildman–Crippen LogP) is 2.56. The van der Waals surface area contributed by atoms with Crippen LogP contribution in [0.2, 0.25) is 0 Å². The van der Waals surface area contributed by atoms with E-state index in [0.29, 0.717) is 61.5 Å². The van der Waals surface area contributed by atoms with Gasteiger partial charge in [-0.15, -0.1) is 0 Å². The van der Waals surface area contributed by atoms with Crippen LogP contribution >= 0.6 is 0 Å². The molecule has 1 aliphatic heterocycles. The quantitative estimate of drug-likeness (QED) is 0.604. The average molecular weight is 429 g/mol. The summed E-state index contributed by atoms with van der Waals surface area (Å²) in [6, 6.07) is 4.41. The number of H-pyrrole nitrogens is 1. The van der Waals surface area contributed by atoms with Crippen molar-refractivity contribution in [2.45, 2.75) is 71.5 Å². The second-order valence-corrected chi connectivity index (χ2v) is 8.69. The number of halogens is 1. The molecular weight excluding hydrogens is 399 g/mol. The van der Waals surface area contributed by atoms with Gasteiger partial charge in [0.15, 0.2) is 0 Å². The lowest BCUT2D eigenvalue weighted by molar-refractivity contribution is -0.121. The van der Waals surface area contributed by atoms with Crippen LogP contribution in [0.1, 0.15) is 51.2 Å². The summed E-state index contributed by atoms with van der Waals surface area (Å²) in [6.45, 7) is 5.47. The highest BCUT2D eigenvalue weighted by molar-refractivity contribution is 5.77. The molecule has 0 radical (unpaired) electrons. The molecule has 0 saturated heterocycles. The number of carbonyl (C=O) groups is 1. The van der Waals surface area contributed by atoms with Crippen LogP contribution in [-0.4, -0.2) is 36.3 Å². The average Bonchev–Trinajstić information content (AvgIpc) is 3.19. The third-order valence-corrected chi connectivity index (χ3v) is 5.78. The van der Waals surface area contributed by atoms with Gasteiger partial charge in [0.1, 0.15) is 17.5 Å². The second-order valence-electron chi connectivity index (χ2n) is 8.69. The SMILES string of the molecule is CC(C)CCn1nc2n(c1=O)CCC(NC(=O)CCc1nc3ccc(F)cc3[nH]1)CC2. The number of hydrogen-bond donors (Lipinski definition) is 2. The van der Waals surface area contributed by atoms with Crippen LogP contribution in [0, 0.1) is 11.7 Å². The highest BCUT2D eigenvalue weighted by Crippen LogP contribution is 2.15. The van der Waals surface area contributed by atoms with E-state index in [1.807, 2.05) is 0 Å². The molecule has 1 aliphatic rings. The summed E-state index contributed by atoms with van der Waals surface area (Å²) >= 11 is 0. The Labute approximate surface area is 179 Å². The number of imidazole rings is 1. The monoisotopic (exact) mass is 428 g/mol. The van der Waals surface area contributed by atoms with Gasteiger partial charge in [-0.05, 0) is 43.4 Å². The summed E-state index contributed by atoms with van der Waals surface area (Å²) in [5.41, 5.74) is 1.27. The van der Waals surface area contributed by atoms with Crippen molar-refractivity contribution in [3.63, 3.8) is 0 Å². The minimum absolute atomic E-state index is 0.0162. The van der Waals surface area contributed by atoms with E-state index in [1.54, 1.807) is 15.3 Å². The number of nitrogens with one attached hydrogen (secondary N) is 2. The zero-order valence-electron chi connectivity index (χ0n) is 18.0. The minimum atomic E-state index is -0.319. The number of carbonyl (C=O) groups excluding carboxylic acids is 1. The fraction of sp³-hybridized carbons (Fsp3) is 0.545. The van der Waals surface area contributed by atoms with E-state index in [0.717, 1.165) is 18.7 Å². The summed E-state index contributed by atoms with van der Waals surface area (Å²) < 4.78 is 16.6. The number of hydrogen-bond acceptors (Lipinski definition) is 4. The number of rotatable bonds is 7. The first-order valence-electron chi connectivity index (χ1n) is 11.0. The van der Waals surface area contributed by atoms with Crippen molar-refractivity contribution in [1.82, 2.24) is 29.6 Å². The maximum Gasteiger partial charge on any atom is 0.345 e. The molecule has 2 aromatic heterocycles. The first-order chi connectivity index (χ1) is 14.9. The molecule has 1 atom stereocenters. The predicted molar refractivity (Wildman–Crippen MR) is 115 cm³/mol. The molecule has 9 heteroatoms. The summed E-state index contributed by atoms with van der Waals surface area (Å²) in [6.07, 6.45) is 3.82. The number of fused-ring (bicyclic) bond motifs is 2. The molecule has 31 heavy (non-hydrogen) atoms. The van der Waals surface area contributed by atoms with Crippen molar-refractivity contribution in [1.29, 1.82) is 0 Å². The molecule has 0 spiro atoms. The van der Waals surface area contributed by atoms with Crippen molar-refractivity contribution in [3.05, 3.63) is 46.1 Å². The maximum absolute atomic E-state index is 13.3. The molecule has 2 N–H and O–H groups in total. The van der Waals surface area contributed by atoms with E-state index < -0.39 is 0 Å². The molecule has 3 heterocycles. The van der Waals surface area contributed by atoms with Crippen LogP contribution in [0.5, 0.6) is 0 Å². The van der Waals surface area contributed by atoms with Crippen molar-refractivity contribution in [2.24, 2.45) is 5.92 Å². The first kappa shape index (κ1) is 21.3. The van der Waals surface area contributed by atoms with Crippen molar-refractivity contribution in [2.75, 3.05) is 0 Å². The Hall–Kier alpha value is -2.97. The van der Waals surface area contributed by atoms with Gasteiger partial charge in [0.25, 0.3) is 0 Å². The molecule has 1 amide bonds. The molecular formula is C22H29FN6O2. The van der Waals surface area contributed by atoms with Gasteiger partial charge in [-0.2, -0.15) is 5.10 Å². The molecule has 0 fully saturated rings. The van der Waals surface area contributed by atoms with Crippen LogP contribution in [0.15, 0.2) is 23.0 Å². The second kappa shape index (κ2) is 9.03. The Kier molecular flexibility index (Phi) is 6.20. The number of aromatic nitrogens is 5. The molecule has 1 aromatic carbocycles. The van der Waals surface area contributed by atoms with Crippen LogP contribution in [0.4, 0.5) is 4.39 Å². The van der Waals surface area contributed by atoms with Crippen molar-refractivity contribution < 1.29 is 9.18 Å². The fourth-order valence-electron chi connectivity index (χ4n) is 3.98. The van der Waals surface area contributed by atoms with Crippen LogP contribution in [-0.2, 0) is 30.7 Å². The van der Waals surface area contributed by atoms with E-state index in [4.69, 9.17) is 0 Å². The smallest absolute Gasteiger partial charge is 0.345 e. The Balaban J connectivity index is 1.29. The van der Waals surface area contributed by atoms with Crippen molar-refractivity contribution in [3.8, 4) is 0 Å². The molecule has 0 saturated carbocycles. The normalized spacial score (nSPS) is 16.5. The lowest BCUT2D eigenvalue weighted by Gasteiger charge is -2.15. The topological polar surface area (TPSA) is 97.6 Å². The van der Waals surface area contributed by atoms with Gasteiger partial charge >= 0.3 is 5.69 Å². The molecule has 4 rings (SSSR count). The first-order valence-corrected chi connectivity index (χ1v) is 11.0. The fourth-order valence-corrected chi connectivity index (χ4v) is 3.98. The van der Waals surface area contributed by atoms with E-state index in [2.05, 4.69) is 34.2 Å². The third kappa shape index (κ3) is 5.03. The summed E-state index contributed by atoms with van der Waals surface area (Å²) in [4.78, 5) is 32.5. The number of amides is 1. The van der Waals surface area contributed by atoms with E-state index in [-0.39, 0.29) is 23.5 Å². The van der Waals surface area contributed by atoms with Crippen LogP contribution in [0.25, 0.3) is 11.0 Å². The van der Waals surface area contributed by atoms with Gasteiger partial charge in [0, 0.05) is 38.4 Å². The molecule has 3 aromatic rings. The van der Waals surface area contributed by atoms with Gasteiger partial charge in [-0.3, -0.25) is 9.36 Å². The van der Waals surface area contributed by atoms with Crippen LogP contribution in [0.3, 0.4) is 0 Å². The van der Waals surface area contributed by atoms with Crippen LogP contribution < -0.4 is 11.0 Å². The molecule has 1 unspecified atom stereocenters. The minimum Gasteiger partial charge on any atom is -0.353 e. The standard InChI is InChI=1S/C22H29FN6O2/c1-14(2)9-12-29-22(31)28-11-10-16(4-7-20(28)27-29)24-21(30)8-6-19-25-17-5-3-15(23)13-18(17)26-19/h3,5,13-14,16H,4,6-12H2,1-2H3,(H,24,30)(H,25,26). The molecule has 0 bridgehead atoms. The summed E-state index contributed by atoms with van der Waals surface area (Å²) in [7, 11) is 0. The van der Waals surface area contributed by atoms with E-state index in [1.165, 1.54) is 12.1 Å². The largest absolute Gasteiger partial charge is 0.353 e. The number of nitrogens with zero attached hydrogens (tertiary/aromatic N) is 4. The Morgan fingerprint density at radius 2 is 2.19 bits per heavy atom. The number of aryl methyl sites for hydroxylation is 3. The maximum atomic E-state index is 13.3. The molecule has 166 valence electrons. The summed E-state index contributed by atoms with van der Waals surface area (Å²) in [5.74, 6) is 1.62. The van der Waals surface area contributed by atoms with E-state index >= 15 is 0 Å². The zero-order chi connectivity index (χ0) is 22.0. The van der Waals surface area contributed by atoms with Gasteiger partial charge in [0.05, 0.1) is 11.0 Å².